The summed E-state index contributed by atoms with van der Waals surface area (Å²) >= 11 is 1.73. The smallest absolute Gasteiger partial charge is 0.0743 e. The molecule has 0 aromatic carbocycles. The van der Waals surface area contributed by atoms with Gasteiger partial charge in [0.2, 0.25) is 0 Å². The highest BCUT2D eigenvalue weighted by atomic mass is 32.1. The van der Waals surface area contributed by atoms with E-state index in [1.807, 2.05) is 6.92 Å². The van der Waals surface area contributed by atoms with Crippen LogP contribution in [0.3, 0.4) is 0 Å². The summed E-state index contributed by atoms with van der Waals surface area (Å²) < 4.78 is 0. The molecule has 0 saturated heterocycles. The average Bonchev–Trinajstić information content (AvgIpc) is 2.74. The van der Waals surface area contributed by atoms with Crippen LogP contribution < -0.4 is 5.43 Å². The first kappa shape index (κ1) is 7.80. The maximum atomic E-state index is 4.31. The van der Waals surface area contributed by atoms with Gasteiger partial charge in [0.25, 0.3) is 0 Å². The van der Waals surface area contributed by atoms with E-state index in [1.54, 1.807) is 11.3 Å². The molecule has 0 unspecified atom stereocenters. The van der Waals surface area contributed by atoms with Crippen LogP contribution in [-0.4, -0.2) is 11.8 Å². The fraction of sp³-hybridized carbons (Fsp3) is 0.444. The second kappa shape index (κ2) is 3.27. The van der Waals surface area contributed by atoms with Crippen LogP contribution in [-0.2, 0) is 0 Å². The largest absolute Gasteiger partial charge is 0.307 e. The molecular weight excluding hydrogens is 168 g/mol. The summed E-state index contributed by atoms with van der Waals surface area (Å²) in [4.78, 5) is 1.25. The van der Waals surface area contributed by atoms with Crippen molar-refractivity contribution in [2.24, 2.45) is 5.10 Å². The van der Waals surface area contributed by atoms with Crippen molar-refractivity contribution >= 4 is 17.0 Å². The monoisotopic (exact) mass is 180 g/mol. The van der Waals surface area contributed by atoms with E-state index in [1.165, 1.54) is 17.7 Å². The molecule has 0 radical (unpaired) electrons. The molecule has 1 N–H and O–H groups in total. The topological polar surface area (TPSA) is 24.4 Å². The Morgan fingerprint density at radius 3 is 3.08 bits per heavy atom. The predicted octanol–water partition coefficient (Wildman–Crippen LogP) is 2.22. The first-order valence-electron chi connectivity index (χ1n) is 4.20. The minimum atomic E-state index is 0.653. The van der Waals surface area contributed by atoms with Crippen molar-refractivity contribution in [2.75, 3.05) is 0 Å². The van der Waals surface area contributed by atoms with Crippen molar-refractivity contribution in [1.82, 2.24) is 5.43 Å². The Balaban J connectivity index is 1.98. The number of nitrogens with zero attached hydrogens (tertiary/aromatic N) is 1. The lowest BCUT2D eigenvalue weighted by atomic mass is 10.3. The number of hydrazone groups is 1. The highest BCUT2D eigenvalue weighted by Gasteiger charge is 2.20. The van der Waals surface area contributed by atoms with Gasteiger partial charge in [-0.15, -0.1) is 11.3 Å². The summed E-state index contributed by atoms with van der Waals surface area (Å²) in [6.07, 6.45) is 2.56. The zero-order chi connectivity index (χ0) is 8.39. The number of hydrogen-bond donors (Lipinski definition) is 1. The van der Waals surface area contributed by atoms with Crippen molar-refractivity contribution in [2.45, 2.75) is 25.8 Å². The Kier molecular flexibility index (Phi) is 2.13. The highest BCUT2D eigenvalue weighted by molar-refractivity contribution is 7.12. The first-order chi connectivity index (χ1) is 5.86. The van der Waals surface area contributed by atoms with Crippen LogP contribution in [0.2, 0.25) is 0 Å². The molecule has 3 heteroatoms. The minimum absolute atomic E-state index is 0.653. The number of rotatable bonds is 3. The van der Waals surface area contributed by atoms with Gasteiger partial charge in [-0.05, 0) is 31.2 Å². The van der Waals surface area contributed by atoms with Crippen LogP contribution in [0.25, 0.3) is 0 Å². The zero-order valence-electron chi connectivity index (χ0n) is 7.08. The van der Waals surface area contributed by atoms with E-state index in [0.29, 0.717) is 6.04 Å². The van der Waals surface area contributed by atoms with Gasteiger partial charge in [-0.25, -0.2) is 0 Å². The van der Waals surface area contributed by atoms with E-state index in [9.17, 15) is 0 Å². The van der Waals surface area contributed by atoms with Gasteiger partial charge in [-0.3, -0.25) is 0 Å². The molecule has 2 nitrogen and oxygen atoms in total. The molecule has 0 atom stereocenters. The summed E-state index contributed by atoms with van der Waals surface area (Å²) in [6, 6.07) is 4.80. The molecule has 1 aliphatic carbocycles. The molecule has 2 rings (SSSR count). The third-order valence-electron chi connectivity index (χ3n) is 1.87. The fourth-order valence-electron chi connectivity index (χ4n) is 0.940. The van der Waals surface area contributed by atoms with E-state index in [4.69, 9.17) is 0 Å². The van der Waals surface area contributed by atoms with Gasteiger partial charge < -0.3 is 5.43 Å². The molecule has 1 heterocycles. The Bertz CT molecular complexity index is 273. The second-order valence-electron chi connectivity index (χ2n) is 3.08. The van der Waals surface area contributed by atoms with E-state index in [-0.39, 0.29) is 0 Å². The van der Waals surface area contributed by atoms with Gasteiger partial charge in [0, 0.05) is 10.9 Å². The summed E-state index contributed by atoms with van der Waals surface area (Å²) in [7, 11) is 0. The molecule has 0 aliphatic heterocycles. The summed E-state index contributed by atoms with van der Waals surface area (Å²) in [5.41, 5.74) is 4.23. The number of hydrogen-bond acceptors (Lipinski definition) is 3. The van der Waals surface area contributed by atoms with Crippen molar-refractivity contribution in [3.8, 4) is 0 Å². The van der Waals surface area contributed by atoms with E-state index in [0.717, 1.165) is 5.71 Å². The summed E-state index contributed by atoms with van der Waals surface area (Å²) in [6.45, 7) is 2.04. The molecule has 0 amide bonds. The lowest BCUT2D eigenvalue weighted by Crippen LogP contribution is -2.10. The molecule has 1 fully saturated rings. The Labute approximate surface area is 76.3 Å². The maximum Gasteiger partial charge on any atom is 0.0743 e. The zero-order valence-corrected chi connectivity index (χ0v) is 7.90. The average molecular weight is 180 g/mol. The second-order valence-corrected chi connectivity index (χ2v) is 4.03. The Hall–Kier alpha value is -0.830. The molecule has 1 aromatic heterocycles. The number of thiophene rings is 1. The maximum absolute atomic E-state index is 4.31. The molecule has 64 valence electrons. The Morgan fingerprint density at radius 2 is 2.50 bits per heavy atom. The van der Waals surface area contributed by atoms with Crippen LogP contribution >= 0.6 is 11.3 Å². The molecular formula is C9H12N2S. The first-order valence-corrected chi connectivity index (χ1v) is 5.08. The molecule has 1 aromatic rings. The normalized spacial score (nSPS) is 17.9. The predicted molar refractivity (Wildman–Crippen MR) is 52.7 cm³/mol. The van der Waals surface area contributed by atoms with Crippen molar-refractivity contribution in [3.05, 3.63) is 22.4 Å². The molecule has 12 heavy (non-hydrogen) atoms. The minimum Gasteiger partial charge on any atom is -0.307 e. The standard InChI is InChI=1S/C9H12N2S/c1-7(9-3-2-6-12-9)10-11-8-4-5-8/h2-3,6,8,11H,4-5H2,1H3/b10-7-. The van der Waals surface area contributed by atoms with Gasteiger partial charge in [-0.1, -0.05) is 6.07 Å². The van der Waals surface area contributed by atoms with Gasteiger partial charge in [0.1, 0.15) is 0 Å². The molecule has 0 bridgehead atoms. The SMILES string of the molecule is C/C(=N/NC1CC1)c1cccs1. The van der Waals surface area contributed by atoms with Crippen molar-refractivity contribution in [1.29, 1.82) is 0 Å². The van der Waals surface area contributed by atoms with Crippen molar-refractivity contribution in [3.63, 3.8) is 0 Å². The van der Waals surface area contributed by atoms with E-state index in [2.05, 4.69) is 28.0 Å². The van der Waals surface area contributed by atoms with Gasteiger partial charge in [0.05, 0.1) is 5.71 Å². The van der Waals surface area contributed by atoms with Gasteiger partial charge >= 0.3 is 0 Å². The molecule has 1 aliphatic rings. The van der Waals surface area contributed by atoms with E-state index < -0.39 is 0 Å². The van der Waals surface area contributed by atoms with Crippen LogP contribution in [0.5, 0.6) is 0 Å². The van der Waals surface area contributed by atoms with Gasteiger partial charge in [-0.2, -0.15) is 5.10 Å². The van der Waals surface area contributed by atoms with Crippen LogP contribution in [0.4, 0.5) is 0 Å². The lowest BCUT2D eigenvalue weighted by Gasteiger charge is -1.97. The summed E-state index contributed by atoms with van der Waals surface area (Å²) in [5, 5.41) is 6.38. The third kappa shape index (κ3) is 1.85. The molecule has 1 saturated carbocycles. The van der Waals surface area contributed by atoms with Gasteiger partial charge in [0.15, 0.2) is 0 Å². The number of nitrogens with one attached hydrogen (secondary N) is 1. The fourth-order valence-corrected chi connectivity index (χ4v) is 1.62. The quantitative estimate of drug-likeness (QED) is 0.560. The van der Waals surface area contributed by atoms with Crippen molar-refractivity contribution < 1.29 is 0 Å². The Morgan fingerprint density at radius 1 is 1.67 bits per heavy atom. The highest BCUT2D eigenvalue weighted by Crippen LogP contribution is 2.18. The molecule has 0 spiro atoms. The van der Waals surface area contributed by atoms with E-state index >= 15 is 0 Å². The van der Waals surface area contributed by atoms with Crippen LogP contribution in [0, 0.1) is 0 Å². The summed E-state index contributed by atoms with van der Waals surface area (Å²) in [5.74, 6) is 0. The third-order valence-corrected chi connectivity index (χ3v) is 2.85. The van der Waals surface area contributed by atoms with Crippen LogP contribution in [0.15, 0.2) is 22.6 Å². The lowest BCUT2D eigenvalue weighted by molar-refractivity contribution is 0.737. The van der Waals surface area contributed by atoms with Crippen LogP contribution in [0.1, 0.15) is 24.6 Å².